The molecule has 92 valence electrons. The zero-order valence-corrected chi connectivity index (χ0v) is 10.3. The molecule has 0 atom stereocenters. The van der Waals surface area contributed by atoms with Crippen molar-refractivity contribution in [2.24, 2.45) is 0 Å². The van der Waals surface area contributed by atoms with E-state index in [1.165, 1.54) is 6.39 Å². The van der Waals surface area contributed by atoms with Gasteiger partial charge in [-0.25, -0.2) is 4.98 Å². The molecule has 2 aromatic heterocycles. The molecule has 0 aromatic carbocycles. The monoisotopic (exact) mass is 234 g/mol. The molecule has 0 aliphatic rings. The SMILES string of the molecule is CC(C)NCc1ncoc1CCc1ccco1. The van der Waals surface area contributed by atoms with Crippen molar-refractivity contribution in [3.63, 3.8) is 0 Å². The van der Waals surface area contributed by atoms with Gasteiger partial charge in [0.25, 0.3) is 0 Å². The minimum atomic E-state index is 0.449. The molecule has 2 aromatic rings. The Bertz CT molecular complexity index is 432. The highest BCUT2D eigenvalue weighted by Crippen LogP contribution is 2.11. The molecule has 2 rings (SSSR count). The van der Waals surface area contributed by atoms with E-state index in [-0.39, 0.29) is 0 Å². The Hall–Kier alpha value is -1.55. The predicted molar refractivity (Wildman–Crippen MR) is 64.6 cm³/mol. The van der Waals surface area contributed by atoms with Gasteiger partial charge in [-0.3, -0.25) is 0 Å². The van der Waals surface area contributed by atoms with Crippen LogP contribution in [0.1, 0.15) is 31.1 Å². The molecule has 0 spiro atoms. The number of furan rings is 1. The second-order valence-corrected chi connectivity index (χ2v) is 4.34. The fourth-order valence-electron chi connectivity index (χ4n) is 1.63. The summed E-state index contributed by atoms with van der Waals surface area (Å²) in [5, 5.41) is 3.34. The lowest BCUT2D eigenvalue weighted by Crippen LogP contribution is -2.22. The number of nitrogens with zero attached hydrogens (tertiary/aromatic N) is 1. The first-order chi connectivity index (χ1) is 8.25. The summed E-state index contributed by atoms with van der Waals surface area (Å²) in [4.78, 5) is 4.23. The average Bonchev–Trinajstić information content (AvgIpc) is 2.95. The van der Waals surface area contributed by atoms with E-state index in [4.69, 9.17) is 8.83 Å². The molecule has 0 saturated carbocycles. The van der Waals surface area contributed by atoms with Gasteiger partial charge in [-0.2, -0.15) is 0 Å². The van der Waals surface area contributed by atoms with Crippen molar-refractivity contribution in [2.45, 2.75) is 39.3 Å². The first kappa shape index (κ1) is 11.9. The molecule has 0 radical (unpaired) electrons. The van der Waals surface area contributed by atoms with Crippen LogP contribution in [0.4, 0.5) is 0 Å². The lowest BCUT2D eigenvalue weighted by molar-refractivity contribution is 0.468. The van der Waals surface area contributed by atoms with Crippen LogP contribution in [0.25, 0.3) is 0 Å². The van der Waals surface area contributed by atoms with Gasteiger partial charge in [0, 0.05) is 25.4 Å². The summed E-state index contributed by atoms with van der Waals surface area (Å²) < 4.78 is 10.7. The van der Waals surface area contributed by atoms with Crippen LogP contribution < -0.4 is 5.32 Å². The third-order valence-corrected chi connectivity index (χ3v) is 2.58. The zero-order chi connectivity index (χ0) is 12.1. The van der Waals surface area contributed by atoms with Gasteiger partial charge in [-0.05, 0) is 12.1 Å². The topological polar surface area (TPSA) is 51.2 Å². The minimum Gasteiger partial charge on any atom is -0.469 e. The molecule has 0 unspecified atom stereocenters. The van der Waals surface area contributed by atoms with E-state index in [0.29, 0.717) is 6.04 Å². The summed E-state index contributed by atoms with van der Waals surface area (Å²) >= 11 is 0. The molecular formula is C13H18N2O2. The van der Waals surface area contributed by atoms with Crippen LogP contribution in [0, 0.1) is 0 Å². The van der Waals surface area contributed by atoms with Crippen LogP contribution in [0.5, 0.6) is 0 Å². The number of hydrogen-bond acceptors (Lipinski definition) is 4. The van der Waals surface area contributed by atoms with Crippen LogP contribution in [0.3, 0.4) is 0 Å². The summed E-state index contributed by atoms with van der Waals surface area (Å²) in [6, 6.07) is 4.32. The van der Waals surface area contributed by atoms with E-state index >= 15 is 0 Å². The van der Waals surface area contributed by atoms with Gasteiger partial charge in [0.05, 0.1) is 12.0 Å². The van der Waals surface area contributed by atoms with Crippen molar-refractivity contribution in [1.29, 1.82) is 0 Å². The highest BCUT2D eigenvalue weighted by atomic mass is 16.3. The van der Waals surface area contributed by atoms with Crippen molar-refractivity contribution < 1.29 is 8.83 Å². The van der Waals surface area contributed by atoms with Crippen molar-refractivity contribution in [2.75, 3.05) is 0 Å². The first-order valence-electron chi connectivity index (χ1n) is 5.92. The Balaban J connectivity index is 1.90. The van der Waals surface area contributed by atoms with Gasteiger partial charge in [0.1, 0.15) is 11.5 Å². The van der Waals surface area contributed by atoms with E-state index in [1.54, 1.807) is 6.26 Å². The summed E-state index contributed by atoms with van der Waals surface area (Å²) in [6.07, 6.45) is 4.87. The maximum atomic E-state index is 5.40. The number of aryl methyl sites for hydroxylation is 2. The van der Waals surface area contributed by atoms with Crippen LogP contribution in [-0.2, 0) is 19.4 Å². The molecule has 1 N–H and O–H groups in total. The Labute approximate surface area is 101 Å². The van der Waals surface area contributed by atoms with E-state index in [9.17, 15) is 0 Å². The summed E-state index contributed by atoms with van der Waals surface area (Å²) in [5.74, 6) is 1.92. The molecule has 2 heterocycles. The van der Waals surface area contributed by atoms with Gasteiger partial charge >= 0.3 is 0 Å². The normalized spacial score (nSPS) is 11.2. The third-order valence-electron chi connectivity index (χ3n) is 2.58. The number of hydrogen-bond donors (Lipinski definition) is 1. The fourth-order valence-corrected chi connectivity index (χ4v) is 1.63. The van der Waals surface area contributed by atoms with Crippen molar-refractivity contribution in [1.82, 2.24) is 10.3 Å². The summed E-state index contributed by atoms with van der Waals surface area (Å²) in [5.41, 5.74) is 0.991. The fraction of sp³-hybridized carbons (Fsp3) is 0.462. The maximum Gasteiger partial charge on any atom is 0.181 e. The Kier molecular flexibility index (Phi) is 3.98. The van der Waals surface area contributed by atoms with E-state index < -0.39 is 0 Å². The molecule has 4 nitrogen and oxygen atoms in total. The van der Waals surface area contributed by atoms with E-state index in [2.05, 4.69) is 24.1 Å². The molecule has 0 fully saturated rings. The van der Waals surface area contributed by atoms with Crippen LogP contribution >= 0.6 is 0 Å². The van der Waals surface area contributed by atoms with Crippen LogP contribution in [-0.4, -0.2) is 11.0 Å². The van der Waals surface area contributed by atoms with Gasteiger partial charge < -0.3 is 14.2 Å². The number of oxazole rings is 1. The lowest BCUT2D eigenvalue weighted by atomic mass is 10.2. The van der Waals surface area contributed by atoms with Crippen molar-refractivity contribution in [3.8, 4) is 0 Å². The highest BCUT2D eigenvalue weighted by molar-refractivity contribution is 5.10. The Morgan fingerprint density at radius 3 is 2.88 bits per heavy atom. The smallest absolute Gasteiger partial charge is 0.181 e. The van der Waals surface area contributed by atoms with E-state index in [0.717, 1.165) is 36.6 Å². The third kappa shape index (κ3) is 3.46. The maximum absolute atomic E-state index is 5.40. The number of nitrogens with one attached hydrogen (secondary N) is 1. The second kappa shape index (κ2) is 5.68. The Morgan fingerprint density at radius 1 is 1.29 bits per heavy atom. The van der Waals surface area contributed by atoms with Crippen molar-refractivity contribution >= 4 is 0 Å². The lowest BCUT2D eigenvalue weighted by Gasteiger charge is -2.06. The van der Waals surface area contributed by atoms with Gasteiger partial charge in [-0.1, -0.05) is 13.8 Å². The molecule has 0 aliphatic heterocycles. The molecule has 4 heteroatoms. The molecule has 0 aliphatic carbocycles. The molecule has 0 saturated heterocycles. The largest absolute Gasteiger partial charge is 0.469 e. The second-order valence-electron chi connectivity index (χ2n) is 4.34. The van der Waals surface area contributed by atoms with Gasteiger partial charge in [0.15, 0.2) is 6.39 Å². The average molecular weight is 234 g/mol. The number of rotatable bonds is 6. The summed E-state index contributed by atoms with van der Waals surface area (Å²) in [7, 11) is 0. The van der Waals surface area contributed by atoms with Crippen molar-refractivity contribution in [3.05, 3.63) is 42.0 Å². The quantitative estimate of drug-likeness (QED) is 0.834. The molecule has 0 bridgehead atoms. The Morgan fingerprint density at radius 2 is 2.18 bits per heavy atom. The van der Waals surface area contributed by atoms with Gasteiger partial charge in [0.2, 0.25) is 0 Å². The van der Waals surface area contributed by atoms with Crippen LogP contribution in [0.15, 0.2) is 33.6 Å². The first-order valence-corrected chi connectivity index (χ1v) is 5.92. The van der Waals surface area contributed by atoms with E-state index in [1.807, 2.05) is 12.1 Å². The van der Waals surface area contributed by atoms with Crippen LogP contribution in [0.2, 0.25) is 0 Å². The zero-order valence-electron chi connectivity index (χ0n) is 10.3. The standard InChI is InChI=1S/C13H18N2O2/c1-10(2)14-8-12-13(17-9-15-12)6-5-11-4-3-7-16-11/h3-4,7,9-10,14H,5-6,8H2,1-2H3. The molecule has 0 amide bonds. The molecular weight excluding hydrogens is 216 g/mol. The van der Waals surface area contributed by atoms with Gasteiger partial charge in [-0.15, -0.1) is 0 Å². The molecule has 17 heavy (non-hydrogen) atoms. The predicted octanol–water partition coefficient (Wildman–Crippen LogP) is 2.55. The highest BCUT2D eigenvalue weighted by Gasteiger charge is 2.09. The number of aromatic nitrogens is 1. The minimum absolute atomic E-state index is 0.449. The summed E-state index contributed by atoms with van der Waals surface area (Å²) in [6.45, 7) is 4.98.